The lowest BCUT2D eigenvalue weighted by Gasteiger charge is -1.98. The molecule has 2 aromatic rings. The third-order valence-electron chi connectivity index (χ3n) is 1.91. The Hall–Kier alpha value is -1.78. The van der Waals surface area contributed by atoms with E-state index in [4.69, 9.17) is 4.42 Å². The minimum absolute atomic E-state index is 0.634. The first-order chi connectivity index (χ1) is 6.88. The van der Waals surface area contributed by atoms with Crippen molar-refractivity contribution in [1.29, 1.82) is 0 Å². The van der Waals surface area contributed by atoms with Crippen molar-refractivity contribution in [2.45, 2.75) is 20.0 Å². The number of anilines is 1. The normalized spacial score (nSPS) is 10.4. The Balaban J connectivity index is 1.92. The summed E-state index contributed by atoms with van der Waals surface area (Å²) < 4.78 is 6.95. The maximum Gasteiger partial charge on any atom is 0.180 e. The molecule has 2 rings (SSSR count). The highest BCUT2D eigenvalue weighted by Crippen LogP contribution is 2.07. The molecule has 0 radical (unpaired) electrons. The monoisotopic (exact) mass is 192 g/mol. The van der Waals surface area contributed by atoms with Crippen LogP contribution in [0.4, 0.5) is 5.69 Å². The summed E-state index contributed by atoms with van der Waals surface area (Å²) in [6, 6.07) is 0. The second kappa shape index (κ2) is 3.95. The molecule has 5 heteroatoms. The molecule has 74 valence electrons. The first-order valence-corrected chi connectivity index (χ1v) is 4.52. The van der Waals surface area contributed by atoms with Crippen LogP contribution in [0.3, 0.4) is 0 Å². The van der Waals surface area contributed by atoms with Gasteiger partial charge in [0.2, 0.25) is 0 Å². The Morgan fingerprint density at radius 2 is 2.43 bits per heavy atom. The van der Waals surface area contributed by atoms with Gasteiger partial charge in [-0.1, -0.05) is 0 Å². The molecule has 0 aliphatic rings. The standard InChI is InChI=1S/C9H12N4O/c1-2-13-6-8(3-12-13)11-5-9-4-10-7-14-9/h3-4,6-7,11H,2,5H2,1H3. The average Bonchev–Trinajstić information content (AvgIpc) is 2.86. The van der Waals surface area contributed by atoms with E-state index in [1.54, 1.807) is 12.4 Å². The van der Waals surface area contributed by atoms with Crippen LogP contribution in [-0.4, -0.2) is 14.8 Å². The van der Waals surface area contributed by atoms with E-state index in [-0.39, 0.29) is 0 Å². The molecule has 2 heterocycles. The highest BCUT2D eigenvalue weighted by Gasteiger charge is 1.98. The van der Waals surface area contributed by atoms with Gasteiger partial charge >= 0.3 is 0 Å². The molecule has 0 saturated carbocycles. The van der Waals surface area contributed by atoms with E-state index in [9.17, 15) is 0 Å². The zero-order valence-corrected chi connectivity index (χ0v) is 7.97. The van der Waals surface area contributed by atoms with E-state index in [2.05, 4.69) is 15.4 Å². The molecule has 0 amide bonds. The molecular weight excluding hydrogens is 180 g/mol. The van der Waals surface area contributed by atoms with Crippen LogP contribution in [0.25, 0.3) is 0 Å². The van der Waals surface area contributed by atoms with Gasteiger partial charge in [-0.3, -0.25) is 4.68 Å². The summed E-state index contributed by atoms with van der Waals surface area (Å²) in [5, 5.41) is 7.33. The first kappa shape index (κ1) is 8.80. The van der Waals surface area contributed by atoms with E-state index in [0.717, 1.165) is 18.0 Å². The number of nitrogens with zero attached hydrogens (tertiary/aromatic N) is 3. The smallest absolute Gasteiger partial charge is 0.180 e. The number of aryl methyl sites for hydroxylation is 1. The van der Waals surface area contributed by atoms with Gasteiger partial charge in [0.1, 0.15) is 5.76 Å². The van der Waals surface area contributed by atoms with Crippen LogP contribution in [0.2, 0.25) is 0 Å². The molecular formula is C9H12N4O. The van der Waals surface area contributed by atoms with Gasteiger partial charge in [-0.15, -0.1) is 0 Å². The molecule has 0 unspecified atom stereocenters. The van der Waals surface area contributed by atoms with Crippen molar-refractivity contribution in [3.05, 3.63) is 30.7 Å². The second-order valence-electron chi connectivity index (χ2n) is 2.91. The molecule has 0 bridgehead atoms. The number of hydrogen-bond donors (Lipinski definition) is 1. The Bertz CT molecular complexity index is 379. The fraction of sp³-hybridized carbons (Fsp3) is 0.333. The molecule has 0 aliphatic carbocycles. The van der Waals surface area contributed by atoms with Crippen molar-refractivity contribution in [3.63, 3.8) is 0 Å². The Morgan fingerprint density at radius 3 is 3.07 bits per heavy atom. The fourth-order valence-electron chi connectivity index (χ4n) is 1.15. The third kappa shape index (κ3) is 1.93. The van der Waals surface area contributed by atoms with Crippen LogP contribution in [0, 0.1) is 0 Å². The van der Waals surface area contributed by atoms with Crippen LogP contribution < -0.4 is 5.32 Å². The second-order valence-corrected chi connectivity index (χ2v) is 2.91. The number of aromatic nitrogens is 3. The predicted molar refractivity (Wildman–Crippen MR) is 51.7 cm³/mol. The summed E-state index contributed by atoms with van der Waals surface area (Å²) in [6.07, 6.45) is 6.86. The summed E-state index contributed by atoms with van der Waals surface area (Å²) in [5.74, 6) is 0.814. The van der Waals surface area contributed by atoms with Gasteiger partial charge in [0.25, 0.3) is 0 Å². The summed E-state index contributed by atoms with van der Waals surface area (Å²) >= 11 is 0. The quantitative estimate of drug-likeness (QED) is 0.797. The van der Waals surface area contributed by atoms with E-state index >= 15 is 0 Å². The fourth-order valence-corrected chi connectivity index (χ4v) is 1.15. The first-order valence-electron chi connectivity index (χ1n) is 4.52. The topological polar surface area (TPSA) is 55.9 Å². The highest BCUT2D eigenvalue weighted by molar-refractivity contribution is 5.38. The van der Waals surface area contributed by atoms with Crippen molar-refractivity contribution in [3.8, 4) is 0 Å². The molecule has 1 N–H and O–H groups in total. The van der Waals surface area contributed by atoms with Gasteiger partial charge in [0.05, 0.1) is 24.6 Å². The molecule has 0 aliphatic heterocycles. The zero-order chi connectivity index (χ0) is 9.80. The van der Waals surface area contributed by atoms with Gasteiger partial charge < -0.3 is 9.73 Å². The van der Waals surface area contributed by atoms with Crippen molar-refractivity contribution < 1.29 is 4.42 Å². The minimum atomic E-state index is 0.634. The Kier molecular flexibility index (Phi) is 2.48. The van der Waals surface area contributed by atoms with Gasteiger partial charge in [-0.25, -0.2) is 4.98 Å². The lowest BCUT2D eigenvalue weighted by Crippen LogP contribution is -1.97. The van der Waals surface area contributed by atoms with Gasteiger partial charge in [0, 0.05) is 12.7 Å². The average molecular weight is 192 g/mol. The van der Waals surface area contributed by atoms with E-state index in [1.807, 2.05) is 17.8 Å². The Labute approximate surface area is 81.8 Å². The molecule has 5 nitrogen and oxygen atoms in total. The number of oxazole rings is 1. The number of rotatable bonds is 4. The lowest BCUT2D eigenvalue weighted by molar-refractivity contribution is 0.511. The van der Waals surface area contributed by atoms with Gasteiger partial charge in [-0.05, 0) is 6.92 Å². The molecule has 2 aromatic heterocycles. The van der Waals surface area contributed by atoms with Crippen molar-refractivity contribution in [2.24, 2.45) is 0 Å². The van der Waals surface area contributed by atoms with Gasteiger partial charge in [-0.2, -0.15) is 5.10 Å². The van der Waals surface area contributed by atoms with Crippen LogP contribution >= 0.6 is 0 Å². The zero-order valence-electron chi connectivity index (χ0n) is 7.97. The van der Waals surface area contributed by atoms with Crippen LogP contribution in [-0.2, 0) is 13.1 Å². The summed E-state index contributed by atoms with van der Waals surface area (Å²) in [5.41, 5.74) is 0.989. The number of hydrogen-bond acceptors (Lipinski definition) is 4. The molecule has 0 atom stereocenters. The Morgan fingerprint density at radius 1 is 1.50 bits per heavy atom. The molecule has 14 heavy (non-hydrogen) atoms. The van der Waals surface area contributed by atoms with Crippen LogP contribution in [0.1, 0.15) is 12.7 Å². The van der Waals surface area contributed by atoms with Crippen molar-refractivity contribution in [1.82, 2.24) is 14.8 Å². The maximum atomic E-state index is 5.09. The molecule has 0 fully saturated rings. The maximum absolute atomic E-state index is 5.09. The number of nitrogens with one attached hydrogen (secondary N) is 1. The van der Waals surface area contributed by atoms with E-state index in [0.29, 0.717) is 6.54 Å². The van der Waals surface area contributed by atoms with E-state index in [1.165, 1.54) is 6.39 Å². The van der Waals surface area contributed by atoms with Crippen LogP contribution in [0.15, 0.2) is 29.4 Å². The van der Waals surface area contributed by atoms with Crippen LogP contribution in [0.5, 0.6) is 0 Å². The highest BCUT2D eigenvalue weighted by atomic mass is 16.3. The predicted octanol–water partition coefficient (Wildman–Crippen LogP) is 1.50. The summed E-state index contributed by atoms with van der Waals surface area (Å²) in [6.45, 7) is 3.56. The molecule has 0 aromatic carbocycles. The SMILES string of the molecule is CCn1cc(NCc2cnco2)cn1. The summed E-state index contributed by atoms with van der Waals surface area (Å²) in [4.78, 5) is 3.83. The lowest BCUT2D eigenvalue weighted by atomic mass is 10.4. The largest absolute Gasteiger partial charge is 0.447 e. The van der Waals surface area contributed by atoms with Crippen molar-refractivity contribution >= 4 is 5.69 Å². The summed E-state index contributed by atoms with van der Waals surface area (Å²) in [7, 11) is 0. The van der Waals surface area contributed by atoms with Gasteiger partial charge in [0.15, 0.2) is 6.39 Å². The molecule has 0 saturated heterocycles. The molecule has 0 spiro atoms. The minimum Gasteiger partial charge on any atom is -0.447 e. The third-order valence-corrected chi connectivity index (χ3v) is 1.91. The van der Waals surface area contributed by atoms with E-state index < -0.39 is 0 Å². The van der Waals surface area contributed by atoms with Crippen molar-refractivity contribution in [2.75, 3.05) is 5.32 Å².